The van der Waals surface area contributed by atoms with E-state index in [-0.39, 0.29) is 23.9 Å². The van der Waals surface area contributed by atoms with E-state index in [9.17, 15) is 14.7 Å². The highest BCUT2D eigenvalue weighted by Crippen LogP contribution is 2.41. The quantitative estimate of drug-likeness (QED) is 0.736. The number of rotatable bonds is 8. The second kappa shape index (κ2) is 8.65. The number of carbonyl (C=O) groups is 2. The molecule has 1 amide bonds. The van der Waals surface area contributed by atoms with E-state index in [4.69, 9.17) is 14.2 Å². The summed E-state index contributed by atoms with van der Waals surface area (Å²) in [5.41, 5.74) is 0.823. The van der Waals surface area contributed by atoms with Gasteiger partial charge < -0.3 is 24.2 Å². The molecule has 2 aliphatic rings. The van der Waals surface area contributed by atoms with Gasteiger partial charge >= 0.3 is 0 Å². The first-order valence-corrected chi connectivity index (χ1v) is 9.71. The van der Waals surface area contributed by atoms with Crippen LogP contribution in [0.4, 0.5) is 0 Å². The largest absolute Gasteiger partial charge is 0.503 e. The lowest BCUT2D eigenvalue weighted by Gasteiger charge is -2.29. The SMILES string of the molecule is CCOc1ccc(C2C(C(=O)CC)=C(O)C(=O)N2CC2CCCO2)cc1OC. The number of benzene rings is 1. The lowest BCUT2D eigenvalue weighted by molar-refractivity contribution is -0.131. The van der Waals surface area contributed by atoms with Gasteiger partial charge in [-0.2, -0.15) is 0 Å². The van der Waals surface area contributed by atoms with Crippen molar-refractivity contribution in [1.82, 2.24) is 4.90 Å². The molecule has 0 spiro atoms. The molecule has 7 heteroatoms. The minimum absolute atomic E-state index is 0.0973. The van der Waals surface area contributed by atoms with Gasteiger partial charge in [-0.15, -0.1) is 0 Å². The van der Waals surface area contributed by atoms with Crippen molar-refractivity contribution < 1.29 is 28.9 Å². The number of aliphatic hydroxyl groups excluding tert-OH is 1. The van der Waals surface area contributed by atoms with Crippen LogP contribution in [0, 0.1) is 0 Å². The van der Waals surface area contributed by atoms with Crippen LogP contribution in [0.15, 0.2) is 29.5 Å². The van der Waals surface area contributed by atoms with Gasteiger partial charge in [0.2, 0.25) is 0 Å². The average Bonchev–Trinajstić information content (AvgIpc) is 3.30. The van der Waals surface area contributed by atoms with Crippen LogP contribution in [0.5, 0.6) is 11.5 Å². The lowest BCUT2D eigenvalue weighted by atomic mass is 9.94. The van der Waals surface area contributed by atoms with Crippen LogP contribution in [-0.4, -0.2) is 54.7 Å². The maximum atomic E-state index is 12.8. The molecule has 152 valence electrons. The first-order chi connectivity index (χ1) is 13.5. The van der Waals surface area contributed by atoms with E-state index in [2.05, 4.69) is 0 Å². The molecule has 1 aromatic rings. The summed E-state index contributed by atoms with van der Waals surface area (Å²) in [6.45, 7) is 5.07. The smallest absolute Gasteiger partial charge is 0.290 e. The Kier molecular flexibility index (Phi) is 6.24. The molecular formula is C21H27NO6. The number of methoxy groups -OCH3 is 1. The first kappa shape index (κ1) is 20.2. The van der Waals surface area contributed by atoms with E-state index in [0.29, 0.717) is 36.8 Å². The van der Waals surface area contributed by atoms with Gasteiger partial charge in [-0.3, -0.25) is 9.59 Å². The van der Waals surface area contributed by atoms with E-state index in [1.54, 1.807) is 25.1 Å². The maximum absolute atomic E-state index is 12.8. The van der Waals surface area contributed by atoms with Crippen LogP contribution >= 0.6 is 0 Å². The summed E-state index contributed by atoms with van der Waals surface area (Å²) < 4.78 is 16.7. The topological polar surface area (TPSA) is 85.3 Å². The Hall–Kier alpha value is -2.54. The number of nitrogens with zero attached hydrogens (tertiary/aromatic N) is 1. The van der Waals surface area contributed by atoms with Crippen molar-refractivity contribution in [2.75, 3.05) is 26.9 Å². The molecule has 0 bridgehead atoms. The predicted octanol–water partition coefficient (Wildman–Crippen LogP) is 2.95. The molecule has 0 radical (unpaired) electrons. The molecule has 1 N–H and O–H groups in total. The normalized spacial score (nSPS) is 22.1. The Morgan fingerprint density at radius 3 is 2.71 bits per heavy atom. The number of aliphatic hydroxyl groups is 1. The van der Waals surface area contributed by atoms with Crippen molar-refractivity contribution in [3.63, 3.8) is 0 Å². The molecule has 7 nitrogen and oxygen atoms in total. The summed E-state index contributed by atoms with van der Waals surface area (Å²) in [4.78, 5) is 26.9. The van der Waals surface area contributed by atoms with Crippen LogP contribution in [0.25, 0.3) is 0 Å². The maximum Gasteiger partial charge on any atom is 0.290 e. The number of ether oxygens (including phenoxy) is 3. The monoisotopic (exact) mass is 389 g/mol. The summed E-state index contributed by atoms with van der Waals surface area (Å²) in [5, 5.41) is 10.5. The van der Waals surface area contributed by atoms with Gasteiger partial charge in [0, 0.05) is 19.6 Å². The summed E-state index contributed by atoms with van der Waals surface area (Å²) in [5.74, 6) is -0.162. The summed E-state index contributed by atoms with van der Waals surface area (Å²) in [7, 11) is 1.54. The Morgan fingerprint density at radius 2 is 2.11 bits per heavy atom. The van der Waals surface area contributed by atoms with E-state index < -0.39 is 17.7 Å². The summed E-state index contributed by atoms with van der Waals surface area (Å²) in [6.07, 6.45) is 1.89. The fourth-order valence-corrected chi connectivity index (χ4v) is 3.80. The molecule has 3 rings (SSSR count). The molecule has 28 heavy (non-hydrogen) atoms. The van der Waals surface area contributed by atoms with Crippen LogP contribution in [0.3, 0.4) is 0 Å². The van der Waals surface area contributed by atoms with Gasteiger partial charge in [-0.25, -0.2) is 0 Å². The fraction of sp³-hybridized carbons (Fsp3) is 0.524. The number of hydrogen-bond donors (Lipinski definition) is 1. The Balaban J connectivity index is 2.02. The summed E-state index contributed by atoms with van der Waals surface area (Å²) in [6, 6.07) is 4.65. The fourth-order valence-electron chi connectivity index (χ4n) is 3.80. The van der Waals surface area contributed by atoms with Gasteiger partial charge in [-0.05, 0) is 37.5 Å². The molecule has 1 aromatic carbocycles. The molecule has 1 saturated heterocycles. The van der Waals surface area contributed by atoms with Crippen molar-refractivity contribution in [1.29, 1.82) is 0 Å². The molecule has 0 aliphatic carbocycles. The van der Waals surface area contributed by atoms with Crippen molar-refractivity contribution in [2.45, 2.75) is 45.3 Å². The second-order valence-corrected chi connectivity index (χ2v) is 6.88. The van der Waals surface area contributed by atoms with Crippen molar-refractivity contribution in [3.8, 4) is 11.5 Å². The summed E-state index contributed by atoms with van der Waals surface area (Å²) >= 11 is 0. The molecule has 2 heterocycles. The Bertz CT molecular complexity index is 781. The average molecular weight is 389 g/mol. The zero-order valence-corrected chi connectivity index (χ0v) is 16.6. The van der Waals surface area contributed by atoms with Crippen molar-refractivity contribution >= 4 is 11.7 Å². The molecule has 2 unspecified atom stereocenters. The standard InChI is InChI=1S/C21H27NO6/c1-4-15(23)18-19(13-8-9-16(27-5-2)17(11-13)26-3)22(21(25)20(18)24)12-14-7-6-10-28-14/h8-9,11,14,19,24H,4-7,10,12H2,1-3H3. The van der Waals surface area contributed by atoms with Gasteiger partial charge in [-0.1, -0.05) is 13.0 Å². The highest BCUT2D eigenvalue weighted by Gasteiger charge is 2.44. The van der Waals surface area contributed by atoms with Crippen LogP contribution in [0.2, 0.25) is 0 Å². The number of Topliss-reactive ketones (excluding diaryl/α,β-unsaturated/α-hetero) is 1. The van der Waals surface area contributed by atoms with E-state index in [1.165, 1.54) is 12.0 Å². The first-order valence-electron chi connectivity index (χ1n) is 9.71. The number of hydrogen-bond acceptors (Lipinski definition) is 6. The van der Waals surface area contributed by atoms with E-state index >= 15 is 0 Å². The number of ketones is 1. The van der Waals surface area contributed by atoms with Crippen molar-refractivity contribution in [2.24, 2.45) is 0 Å². The lowest BCUT2D eigenvalue weighted by Crippen LogP contribution is -2.37. The van der Waals surface area contributed by atoms with E-state index in [1.807, 2.05) is 6.92 Å². The minimum atomic E-state index is -0.672. The molecule has 2 aliphatic heterocycles. The molecule has 0 aromatic heterocycles. The number of carbonyl (C=O) groups excluding carboxylic acids is 2. The van der Waals surface area contributed by atoms with Gasteiger partial charge in [0.1, 0.15) is 0 Å². The Morgan fingerprint density at radius 1 is 1.32 bits per heavy atom. The number of amides is 1. The molecule has 0 saturated carbocycles. The van der Waals surface area contributed by atoms with Crippen LogP contribution in [0.1, 0.15) is 44.7 Å². The van der Waals surface area contributed by atoms with Gasteiger partial charge in [0.25, 0.3) is 5.91 Å². The third-order valence-corrected chi connectivity index (χ3v) is 5.15. The third-order valence-electron chi connectivity index (χ3n) is 5.15. The van der Waals surface area contributed by atoms with Crippen LogP contribution < -0.4 is 9.47 Å². The van der Waals surface area contributed by atoms with E-state index in [0.717, 1.165) is 12.8 Å². The predicted molar refractivity (Wildman–Crippen MR) is 103 cm³/mol. The molecular weight excluding hydrogens is 362 g/mol. The second-order valence-electron chi connectivity index (χ2n) is 6.88. The molecule has 1 fully saturated rings. The van der Waals surface area contributed by atoms with Crippen molar-refractivity contribution in [3.05, 3.63) is 35.1 Å². The zero-order valence-electron chi connectivity index (χ0n) is 16.6. The Labute approximate surface area is 164 Å². The van der Waals surface area contributed by atoms with Gasteiger partial charge in [0.15, 0.2) is 23.0 Å². The molecule has 2 atom stereocenters. The highest BCUT2D eigenvalue weighted by atomic mass is 16.5. The van der Waals surface area contributed by atoms with Gasteiger partial charge in [0.05, 0.1) is 31.4 Å². The zero-order chi connectivity index (χ0) is 20.3. The highest BCUT2D eigenvalue weighted by molar-refractivity contribution is 6.08. The minimum Gasteiger partial charge on any atom is -0.503 e. The van der Waals surface area contributed by atoms with Crippen LogP contribution in [-0.2, 0) is 14.3 Å². The third kappa shape index (κ3) is 3.71.